The molecule has 5 nitrogen and oxygen atoms in total. The maximum Gasteiger partial charge on any atom is 0.203 e. The van der Waals surface area contributed by atoms with E-state index in [2.05, 4.69) is 56.1 Å². The largest absolute Gasteiger partial charge is 0.493 e. The molecule has 2 aromatic rings. The molecule has 6 heteroatoms. The second-order valence-corrected chi connectivity index (χ2v) is 7.49. The molecule has 1 heterocycles. The molecule has 0 N–H and O–H groups in total. The van der Waals surface area contributed by atoms with Crippen LogP contribution in [0, 0.1) is 0 Å². The van der Waals surface area contributed by atoms with Crippen LogP contribution in [0.1, 0.15) is 11.1 Å². The van der Waals surface area contributed by atoms with Gasteiger partial charge < -0.3 is 14.2 Å². The van der Waals surface area contributed by atoms with E-state index in [4.69, 9.17) is 14.2 Å². The Morgan fingerprint density at radius 2 is 1.33 bits per heavy atom. The van der Waals surface area contributed by atoms with Gasteiger partial charge in [-0.05, 0) is 17.7 Å². The van der Waals surface area contributed by atoms with Gasteiger partial charge in [-0.2, -0.15) is 0 Å². The summed E-state index contributed by atoms with van der Waals surface area (Å²) < 4.78 is 17.7. The first-order chi connectivity index (χ1) is 13.2. The minimum absolute atomic E-state index is 0.657. The first-order valence-electron chi connectivity index (χ1n) is 9.12. The van der Waals surface area contributed by atoms with Crippen molar-refractivity contribution < 1.29 is 14.2 Å². The molecular weight excluding hydrogens is 408 g/mol. The number of piperazine rings is 1. The number of nitrogens with zero attached hydrogens (tertiary/aromatic N) is 2. The summed E-state index contributed by atoms with van der Waals surface area (Å²) in [4.78, 5) is 4.96. The maximum absolute atomic E-state index is 5.62. The summed E-state index contributed by atoms with van der Waals surface area (Å²) in [5.74, 6) is 2.11. The van der Waals surface area contributed by atoms with Crippen molar-refractivity contribution in [2.75, 3.05) is 47.5 Å². The molecule has 0 aromatic heterocycles. The van der Waals surface area contributed by atoms with E-state index in [1.807, 2.05) is 6.07 Å². The van der Waals surface area contributed by atoms with Gasteiger partial charge in [0, 0.05) is 49.3 Å². The van der Waals surface area contributed by atoms with Crippen LogP contribution in [0.3, 0.4) is 0 Å². The summed E-state index contributed by atoms with van der Waals surface area (Å²) in [6.45, 7) is 5.99. The van der Waals surface area contributed by atoms with Crippen molar-refractivity contribution in [1.29, 1.82) is 0 Å². The Labute approximate surface area is 169 Å². The highest BCUT2D eigenvalue weighted by molar-refractivity contribution is 9.10. The van der Waals surface area contributed by atoms with Crippen molar-refractivity contribution in [2.24, 2.45) is 0 Å². The van der Waals surface area contributed by atoms with E-state index in [1.165, 1.54) is 10.0 Å². The summed E-state index contributed by atoms with van der Waals surface area (Å²) in [5, 5.41) is 0. The third kappa shape index (κ3) is 4.75. The summed E-state index contributed by atoms with van der Waals surface area (Å²) in [6.07, 6.45) is 0. The van der Waals surface area contributed by atoms with Gasteiger partial charge in [0.05, 0.1) is 21.3 Å². The monoisotopic (exact) mass is 434 g/mol. The molecule has 27 heavy (non-hydrogen) atoms. The van der Waals surface area contributed by atoms with Crippen LogP contribution in [-0.4, -0.2) is 57.3 Å². The number of hydrogen-bond donors (Lipinski definition) is 0. The van der Waals surface area contributed by atoms with E-state index in [-0.39, 0.29) is 0 Å². The van der Waals surface area contributed by atoms with E-state index in [9.17, 15) is 0 Å². The third-order valence-electron chi connectivity index (χ3n) is 5.00. The Bertz CT molecular complexity index is 761. The molecule has 0 radical (unpaired) electrons. The van der Waals surface area contributed by atoms with E-state index in [1.54, 1.807) is 21.3 Å². The normalized spacial score (nSPS) is 15.6. The van der Waals surface area contributed by atoms with Crippen LogP contribution in [0.25, 0.3) is 0 Å². The summed E-state index contributed by atoms with van der Waals surface area (Å²) in [7, 11) is 4.96. The highest BCUT2D eigenvalue weighted by Gasteiger charge is 2.21. The van der Waals surface area contributed by atoms with Crippen LogP contribution < -0.4 is 14.2 Å². The fourth-order valence-corrected chi connectivity index (χ4v) is 3.91. The predicted octanol–water partition coefficient (Wildman–Crippen LogP) is 3.79. The topological polar surface area (TPSA) is 34.2 Å². The predicted molar refractivity (Wildman–Crippen MR) is 111 cm³/mol. The standard InChI is InChI=1S/C21H27BrN2O3/c1-25-19-9-8-17(20(26-2)21(19)27-3)15-24-12-10-23(11-13-24)14-16-6-4-5-7-18(16)22/h4-9H,10-15H2,1-3H3. The molecule has 1 saturated heterocycles. The lowest BCUT2D eigenvalue weighted by Crippen LogP contribution is -2.45. The quantitative estimate of drug-likeness (QED) is 0.661. The Morgan fingerprint density at radius 1 is 0.741 bits per heavy atom. The van der Waals surface area contributed by atoms with Gasteiger partial charge in [-0.15, -0.1) is 0 Å². The van der Waals surface area contributed by atoms with Gasteiger partial charge in [-0.1, -0.05) is 40.2 Å². The number of methoxy groups -OCH3 is 3. The van der Waals surface area contributed by atoms with Crippen molar-refractivity contribution in [1.82, 2.24) is 9.80 Å². The molecule has 1 aliphatic rings. The minimum Gasteiger partial charge on any atom is -0.493 e. The summed E-state index contributed by atoms with van der Waals surface area (Å²) in [6, 6.07) is 12.5. The maximum atomic E-state index is 5.62. The molecule has 0 saturated carbocycles. The van der Waals surface area contributed by atoms with Crippen LogP contribution in [0.5, 0.6) is 17.2 Å². The van der Waals surface area contributed by atoms with Crippen molar-refractivity contribution >= 4 is 15.9 Å². The molecule has 0 unspecified atom stereocenters. The van der Waals surface area contributed by atoms with E-state index in [0.29, 0.717) is 11.5 Å². The van der Waals surface area contributed by atoms with Crippen LogP contribution in [0.4, 0.5) is 0 Å². The molecule has 146 valence electrons. The van der Waals surface area contributed by atoms with Gasteiger partial charge in [-0.3, -0.25) is 9.80 Å². The smallest absolute Gasteiger partial charge is 0.203 e. The molecule has 1 fully saturated rings. The van der Waals surface area contributed by atoms with Crippen LogP contribution in [0.15, 0.2) is 40.9 Å². The molecule has 3 rings (SSSR count). The van der Waals surface area contributed by atoms with Crippen molar-refractivity contribution in [2.45, 2.75) is 13.1 Å². The number of hydrogen-bond acceptors (Lipinski definition) is 5. The van der Waals surface area contributed by atoms with Gasteiger partial charge in [0.15, 0.2) is 11.5 Å². The fraction of sp³-hybridized carbons (Fsp3) is 0.429. The van der Waals surface area contributed by atoms with E-state index >= 15 is 0 Å². The highest BCUT2D eigenvalue weighted by Crippen LogP contribution is 2.40. The van der Waals surface area contributed by atoms with Gasteiger partial charge in [0.2, 0.25) is 5.75 Å². The Balaban J connectivity index is 1.62. The fourth-order valence-electron chi connectivity index (χ4n) is 3.50. The zero-order chi connectivity index (χ0) is 19.2. The summed E-state index contributed by atoms with van der Waals surface area (Å²) >= 11 is 3.65. The highest BCUT2D eigenvalue weighted by atomic mass is 79.9. The molecular formula is C21H27BrN2O3. The van der Waals surface area contributed by atoms with Crippen LogP contribution in [-0.2, 0) is 13.1 Å². The lowest BCUT2D eigenvalue weighted by Gasteiger charge is -2.35. The van der Waals surface area contributed by atoms with Gasteiger partial charge in [0.25, 0.3) is 0 Å². The van der Waals surface area contributed by atoms with Crippen LogP contribution >= 0.6 is 15.9 Å². The first kappa shape index (κ1) is 20.0. The van der Waals surface area contributed by atoms with Gasteiger partial charge >= 0.3 is 0 Å². The molecule has 0 aliphatic carbocycles. The van der Waals surface area contributed by atoms with Gasteiger partial charge in [0.1, 0.15) is 0 Å². The molecule has 0 amide bonds. The number of ether oxygens (including phenoxy) is 3. The average molecular weight is 435 g/mol. The second-order valence-electron chi connectivity index (χ2n) is 6.64. The van der Waals surface area contributed by atoms with Crippen molar-refractivity contribution in [3.63, 3.8) is 0 Å². The lowest BCUT2D eigenvalue weighted by atomic mass is 10.1. The minimum atomic E-state index is 0.657. The molecule has 0 bridgehead atoms. The third-order valence-corrected chi connectivity index (χ3v) is 5.77. The number of halogens is 1. The zero-order valence-electron chi connectivity index (χ0n) is 16.2. The van der Waals surface area contributed by atoms with Gasteiger partial charge in [-0.25, -0.2) is 0 Å². The van der Waals surface area contributed by atoms with Crippen molar-refractivity contribution in [3.05, 3.63) is 52.0 Å². The van der Waals surface area contributed by atoms with E-state index in [0.717, 1.165) is 50.6 Å². The second kappa shape index (κ2) is 9.44. The molecule has 2 aromatic carbocycles. The Hall–Kier alpha value is -1.76. The molecule has 1 aliphatic heterocycles. The summed E-state index contributed by atoms with van der Waals surface area (Å²) in [5.41, 5.74) is 2.46. The Morgan fingerprint density at radius 3 is 1.89 bits per heavy atom. The lowest BCUT2D eigenvalue weighted by molar-refractivity contribution is 0.121. The first-order valence-corrected chi connectivity index (χ1v) is 9.91. The SMILES string of the molecule is COc1ccc(CN2CCN(Cc3ccccc3Br)CC2)c(OC)c1OC. The number of benzene rings is 2. The average Bonchev–Trinajstić information content (AvgIpc) is 2.70. The molecule has 0 atom stereocenters. The number of rotatable bonds is 7. The van der Waals surface area contributed by atoms with Crippen LogP contribution in [0.2, 0.25) is 0 Å². The zero-order valence-corrected chi connectivity index (χ0v) is 17.8. The molecule has 0 spiro atoms. The van der Waals surface area contributed by atoms with Crippen molar-refractivity contribution in [3.8, 4) is 17.2 Å². The van der Waals surface area contributed by atoms with E-state index < -0.39 is 0 Å². The Kier molecular flexibility index (Phi) is 6.99.